The van der Waals surface area contributed by atoms with Crippen molar-refractivity contribution in [3.63, 3.8) is 0 Å². The van der Waals surface area contributed by atoms with Crippen molar-refractivity contribution in [2.45, 2.75) is 45.1 Å². The molecule has 1 aliphatic carbocycles. The summed E-state index contributed by atoms with van der Waals surface area (Å²) in [7, 11) is 0. The molecule has 0 radical (unpaired) electrons. The fourth-order valence-corrected chi connectivity index (χ4v) is 3.02. The van der Waals surface area contributed by atoms with E-state index in [1.807, 2.05) is 0 Å². The van der Waals surface area contributed by atoms with Crippen LogP contribution in [0.4, 0.5) is 0 Å². The van der Waals surface area contributed by atoms with E-state index in [0.717, 1.165) is 32.2 Å². The Morgan fingerprint density at radius 1 is 1.33 bits per heavy atom. The number of carboxylic acid groups (broad SMARTS) is 1. The van der Waals surface area contributed by atoms with Crippen molar-refractivity contribution in [2.24, 2.45) is 11.3 Å². The Kier molecular flexibility index (Phi) is 3.90. The smallest absolute Gasteiger partial charge is 0.311 e. The van der Waals surface area contributed by atoms with Crippen LogP contribution >= 0.6 is 0 Å². The lowest BCUT2D eigenvalue weighted by atomic mass is 9.84. The van der Waals surface area contributed by atoms with Crippen molar-refractivity contribution in [1.29, 1.82) is 0 Å². The maximum absolute atomic E-state index is 12.1. The van der Waals surface area contributed by atoms with Crippen LogP contribution < -0.4 is 10.6 Å². The third-order valence-electron chi connectivity index (χ3n) is 4.43. The Hall–Kier alpha value is -1.10. The number of carboxylic acids is 1. The summed E-state index contributed by atoms with van der Waals surface area (Å²) in [4.78, 5) is 23.4. The number of amides is 1. The van der Waals surface area contributed by atoms with Gasteiger partial charge in [0.1, 0.15) is 0 Å². The van der Waals surface area contributed by atoms with E-state index in [1.165, 1.54) is 0 Å². The Labute approximate surface area is 107 Å². The molecule has 3 atom stereocenters. The molecule has 0 bridgehead atoms. The summed E-state index contributed by atoms with van der Waals surface area (Å²) in [5, 5.41) is 15.5. The van der Waals surface area contributed by atoms with Gasteiger partial charge in [-0.25, -0.2) is 0 Å². The lowest BCUT2D eigenvalue weighted by Gasteiger charge is -2.30. The van der Waals surface area contributed by atoms with Gasteiger partial charge in [-0.15, -0.1) is 0 Å². The normalized spacial score (nSPS) is 36.3. The summed E-state index contributed by atoms with van der Waals surface area (Å²) in [6.07, 6.45) is 4.20. The SMILES string of the molecule is CC1(C(=O)O)CCCC1NC(=O)[C@H]1CCCNC1. The van der Waals surface area contributed by atoms with Crippen molar-refractivity contribution in [1.82, 2.24) is 10.6 Å². The fraction of sp³-hybridized carbons (Fsp3) is 0.846. The average Bonchev–Trinajstić information content (AvgIpc) is 2.73. The van der Waals surface area contributed by atoms with Gasteiger partial charge in [0.2, 0.25) is 5.91 Å². The number of hydrogen-bond donors (Lipinski definition) is 3. The van der Waals surface area contributed by atoms with Gasteiger partial charge < -0.3 is 15.7 Å². The molecular formula is C13H22N2O3. The predicted octanol–water partition coefficient (Wildman–Crippen LogP) is 0.746. The van der Waals surface area contributed by atoms with E-state index in [2.05, 4.69) is 10.6 Å². The zero-order valence-electron chi connectivity index (χ0n) is 10.9. The summed E-state index contributed by atoms with van der Waals surface area (Å²) in [5.41, 5.74) is -0.794. The van der Waals surface area contributed by atoms with Crippen molar-refractivity contribution in [3.05, 3.63) is 0 Å². The first-order valence-electron chi connectivity index (χ1n) is 6.78. The highest BCUT2D eigenvalue weighted by Crippen LogP contribution is 2.38. The standard InChI is InChI=1S/C13H22N2O3/c1-13(12(17)18)6-2-5-10(13)15-11(16)9-4-3-7-14-8-9/h9-10,14H,2-8H2,1H3,(H,15,16)(H,17,18)/t9-,10?,13?/m0/s1. The van der Waals surface area contributed by atoms with Gasteiger partial charge in [0.15, 0.2) is 0 Å². The number of carbonyl (C=O) groups excluding carboxylic acids is 1. The summed E-state index contributed by atoms with van der Waals surface area (Å²) >= 11 is 0. The quantitative estimate of drug-likeness (QED) is 0.694. The Morgan fingerprint density at radius 2 is 2.11 bits per heavy atom. The van der Waals surface area contributed by atoms with Crippen molar-refractivity contribution in [3.8, 4) is 0 Å². The molecule has 0 spiro atoms. The van der Waals surface area contributed by atoms with Gasteiger partial charge in [-0.05, 0) is 39.2 Å². The topological polar surface area (TPSA) is 78.4 Å². The van der Waals surface area contributed by atoms with E-state index in [4.69, 9.17) is 0 Å². The molecule has 1 aliphatic heterocycles. The number of rotatable bonds is 3. The predicted molar refractivity (Wildman–Crippen MR) is 67.1 cm³/mol. The number of aliphatic carboxylic acids is 1. The lowest BCUT2D eigenvalue weighted by molar-refractivity contribution is -0.149. The van der Waals surface area contributed by atoms with E-state index in [0.29, 0.717) is 13.0 Å². The number of nitrogens with one attached hydrogen (secondary N) is 2. The Balaban J connectivity index is 1.95. The molecular weight excluding hydrogens is 232 g/mol. The van der Waals surface area contributed by atoms with Crippen LogP contribution in [-0.2, 0) is 9.59 Å². The summed E-state index contributed by atoms with van der Waals surface area (Å²) in [6, 6.07) is -0.218. The molecule has 3 N–H and O–H groups in total. The molecule has 2 rings (SSSR count). The third-order valence-corrected chi connectivity index (χ3v) is 4.43. The second-order valence-electron chi connectivity index (χ2n) is 5.72. The van der Waals surface area contributed by atoms with Crippen LogP contribution in [0.3, 0.4) is 0 Å². The molecule has 1 saturated carbocycles. The van der Waals surface area contributed by atoms with Crippen LogP contribution in [0.2, 0.25) is 0 Å². The summed E-state index contributed by atoms with van der Waals surface area (Å²) < 4.78 is 0. The van der Waals surface area contributed by atoms with E-state index in [9.17, 15) is 14.7 Å². The van der Waals surface area contributed by atoms with Gasteiger partial charge in [-0.3, -0.25) is 9.59 Å². The molecule has 0 aromatic rings. The molecule has 5 heteroatoms. The molecule has 5 nitrogen and oxygen atoms in total. The zero-order valence-corrected chi connectivity index (χ0v) is 10.9. The minimum Gasteiger partial charge on any atom is -0.481 e. The molecule has 102 valence electrons. The van der Waals surface area contributed by atoms with Crippen LogP contribution in [0.1, 0.15) is 39.0 Å². The van der Waals surface area contributed by atoms with Gasteiger partial charge in [0.05, 0.1) is 11.3 Å². The Morgan fingerprint density at radius 3 is 2.72 bits per heavy atom. The average molecular weight is 254 g/mol. The first-order valence-corrected chi connectivity index (χ1v) is 6.78. The summed E-state index contributed by atoms with van der Waals surface area (Å²) in [6.45, 7) is 3.43. The molecule has 1 amide bonds. The van der Waals surface area contributed by atoms with Crippen molar-refractivity contribution < 1.29 is 14.7 Å². The minimum absolute atomic E-state index is 0.00241. The second kappa shape index (κ2) is 5.26. The Bertz CT molecular complexity index is 339. The molecule has 0 aromatic heterocycles. The van der Waals surface area contributed by atoms with Gasteiger partial charge in [0.25, 0.3) is 0 Å². The molecule has 1 saturated heterocycles. The van der Waals surface area contributed by atoms with Crippen molar-refractivity contribution >= 4 is 11.9 Å². The first-order chi connectivity index (χ1) is 8.54. The molecule has 2 aliphatic rings. The molecule has 18 heavy (non-hydrogen) atoms. The number of piperidine rings is 1. The largest absolute Gasteiger partial charge is 0.481 e. The maximum atomic E-state index is 12.1. The molecule has 1 heterocycles. The van der Waals surface area contributed by atoms with Crippen LogP contribution in [0.5, 0.6) is 0 Å². The zero-order chi connectivity index (χ0) is 13.2. The highest BCUT2D eigenvalue weighted by molar-refractivity contribution is 5.82. The van der Waals surface area contributed by atoms with E-state index in [-0.39, 0.29) is 17.9 Å². The minimum atomic E-state index is -0.799. The van der Waals surface area contributed by atoms with Gasteiger partial charge in [-0.2, -0.15) is 0 Å². The van der Waals surface area contributed by atoms with Crippen LogP contribution in [0.15, 0.2) is 0 Å². The van der Waals surface area contributed by atoms with Crippen LogP contribution in [0, 0.1) is 11.3 Å². The lowest BCUT2D eigenvalue weighted by Crippen LogP contribution is -2.50. The fourth-order valence-electron chi connectivity index (χ4n) is 3.02. The monoisotopic (exact) mass is 254 g/mol. The third kappa shape index (κ3) is 2.51. The number of hydrogen-bond acceptors (Lipinski definition) is 3. The second-order valence-corrected chi connectivity index (χ2v) is 5.72. The molecule has 2 fully saturated rings. The van der Waals surface area contributed by atoms with Gasteiger partial charge in [0, 0.05) is 12.6 Å². The molecule has 0 aromatic carbocycles. The van der Waals surface area contributed by atoms with Crippen LogP contribution in [-0.4, -0.2) is 36.1 Å². The summed E-state index contributed by atoms with van der Waals surface area (Å²) in [5.74, 6) is -0.786. The maximum Gasteiger partial charge on any atom is 0.311 e. The van der Waals surface area contributed by atoms with Crippen molar-refractivity contribution in [2.75, 3.05) is 13.1 Å². The van der Waals surface area contributed by atoms with Crippen LogP contribution in [0.25, 0.3) is 0 Å². The van der Waals surface area contributed by atoms with Gasteiger partial charge in [-0.1, -0.05) is 6.42 Å². The highest BCUT2D eigenvalue weighted by atomic mass is 16.4. The van der Waals surface area contributed by atoms with E-state index in [1.54, 1.807) is 6.92 Å². The van der Waals surface area contributed by atoms with E-state index < -0.39 is 11.4 Å². The highest BCUT2D eigenvalue weighted by Gasteiger charge is 2.46. The molecule has 2 unspecified atom stereocenters. The first kappa shape index (κ1) is 13.3. The van der Waals surface area contributed by atoms with Gasteiger partial charge >= 0.3 is 5.97 Å². The van der Waals surface area contributed by atoms with E-state index >= 15 is 0 Å². The number of carbonyl (C=O) groups is 2.